The maximum Gasteiger partial charge on any atom is 0.0937 e. The van der Waals surface area contributed by atoms with Gasteiger partial charge in [-0.3, -0.25) is 9.98 Å². The Balaban J connectivity index is 2.05. The van der Waals surface area contributed by atoms with Crippen molar-refractivity contribution in [3.63, 3.8) is 0 Å². The van der Waals surface area contributed by atoms with Crippen LogP contribution >= 0.6 is 0 Å². The first-order chi connectivity index (χ1) is 13.0. The van der Waals surface area contributed by atoms with Gasteiger partial charge in [-0.25, -0.2) is 0 Å². The lowest BCUT2D eigenvalue weighted by atomic mass is 9.83. The molecule has 1 saturated carbocycles. The van der Waals surface area contributed by atoms with Gasteiger partial charge in [0.05, 0.1) is 12.4 Å². The molecular weight excluding hydrogens is 330 g/mol. The molecule has 1 aromatic rings. The smallest absolute Gasteiger partial charge is 0.0937 e. The van der Waals surface area contributed by atoms with Gasteiger partial charge in [-0.15, -0.1) is 0 Å². The van der Waals surface area contributed by atoms with Crippen LogP contribution in [0.1, 0.15) is 84.3 Å². The van der Waals surface area contributed by atoms with Crippen molar-refractivity contribution in [3.05, 3.63) is 35.4 Å². The van der Waals surface area contributed by atoms with Gasteiger partial charge < -0.3 is 5.32 Å². The Morgan fingerprint density at radius 3 is 2.33 bits per heavy atom. The summed E-state index contributed by atoms with van der Waals surface area (Å²) < 4.78 is 0. The molecule has 1 aliphatic rings. The maximum atomic E-state index is 5.03. The topological polar surface area (TPSA) is 36.8 Å². The van der Waals surface area contributed by atoms with Gasteiger partial charge in [-0.2, -0.15) is 0 Å². The Morgan fingerprint density at radius 2 is 1.70 bits per heavy atom. The quantitative estimate of drug-likeness (QED) is 0.445. The monoisotopic (exact) mass is 369 g/mol. The normalized spacial score (nSPS) is 17.0. The van der Waals surface area contributed by atoms with Gasteiger partial charge in [0.15, 0.2) is 0 Å². The van der Waals surface area contributed by atoms with E-state index < -0.39 is 0 Å². The van der Waals surface area contributed by atoms with Gasteiger partial charge in [0, 0.05) is 17.8 Å². The molecule has 1 fully saturated rings. The van der Waals surface area contributed by atoms with Crippen molar-refractivity contribution in [1.82, 2.24) is 5.32 Å². The summed E-state index contributed by atoms with van der Waals surface area (Å²) >= 11 is 0. The van der Waals surface area contributed by atoms with Crippen LogP contribution in [0.3, 0.4) is 0 Å². The van der Waals surface area contributed by atoms with Crippen molar-refractivity contribution in [1.29, 1.82) is 0 Å². The minimum absolute atomic E-state index is 0.395. The Labute approximate surface area is 166 Å². The zero-order valence-corrected chi connectivity index (χ0v) is 18.1. The standard InChI is InChI=1S/C24H39N3/c1-18(2)26-20(5)25-17-23-14-10-9-11-21(23)15-16-24(27-19(3)4)22-12-7-6-8-13-22/h9-11,14,18-19,22H,6-8,12-13,15-17H2,1-5H3,(H,25,26). The third kappa shape index (κ3) is 7.86. The Hall–Kier alpha value is -1.64. The van der Waals surface area contributed by atoms with Crippen LogP contribution in [0.5, 0.6) is 0 Å². The number of amidine groups is 1. The molecule has 0 radical (unpaired) electrons. The van der Waals surface area contributed by atoms with Crippen LogP contribution in [-0.2, 0) is 13.0 Å². The van der Waals surface area contributed by atoms with E-state index in [1.165, 1.54) is 48.9 Å². The summed E-state index contributed by atoms with van der Waals surface area (Å²) in [6.07, 6.45) is 8.97. The molecule has 150 valence electrons. The summed E-state index contributed by atoms with van der Waals surface area (Å²) in [6, 6.07) is 9.59. The summed E-state index contributed by atoms with van der Waals surface area (Å²) in [6.45, 7) is 11.5. The predicted molar refractivity (Wildman–Crippen MR) is 119 cm³/mol. The first kappa shape index (κ1) is 21.7. The number of benzene rings is 1. The minimum Gasteiger partial charge on any atom is -0.372 e. The molecule has 3 heteroatoms. The summed E-state index contributed by atoms with van der Waals surface area (Å²) in [5, 5.41) is 3.38. The molecule has 0 amide bonds. The third-order valence-electron chi connectivity index (χ3n) is 5.25. The highest BCUT2D eigenvalue weighted by Gasteiger charge is 2.19. The molecule has 2 rings (SSSR count). The van der Waals surface area contributed by atoms with Crippen LogP contribution in [0.25, 0.3) is 0 Å². The number of nitrogens with one attached hydrogen (secondary N) is 1. The fourth-order valence-electron chi connectivity index (χ4n) is 4.03. The lowest BCUT2D eigenvalue weighted by Crippen LogP contribution is -2.27. The van der Waals surface area contributed by atoms with E-state index >= 15 is 0 Å². The average Bonchev–Trinajstić information content (AvgIpc) is 2.64. The second-order valence-corrected chi connectivity index (χ2v) is 8.52. The Kier molecular flexibility index (Phi) is 9.03. The molecule has 0 aromatic heterocycles. The van der Waals surface area contributed by atoms with Crippen molar-refractivity contribution >= 4 is 11.5 Å². The van der Waals surface area contributed by atoms with Crippen molar-refractivity contribution in [2.75, 3.05) is 0 Å². The van der Waals surface area contributed by atoms with E-state index in [0.717, 1.165) is 25.2 Å². The van der Waals surface area contributed by atoms with E-state index in [-0.39, 0.29) is 0 Å². The van der Waals surface area contributed by atoms with E-state index in [1.54, 1.807) is 0 Å². The minimum atomic E-state index is 0.395. The Bertz CT molecular complexity index is 622. The largest absolute Gasteiger partial charge is 0.372 e. The zero-order valence-electron chi connectivity index (χ0n) is 18.1. The molecule has 0 heterocycles. The number of hydrogen-bond acceptors (Lipinski definition) is 2. The van der Waals surface area contributed by atoms with E-state index in [2.05, 4.69) is 64.2 Å². The van der Waals surface area contributed by atoms with E-state index in [4.69, 9.17) is 9.98 Å². The Morgan fingerprint density at radius 1 is 1.04 bits per heavy atom. The van der Waals surface area contributed by atoms with Gasteiger partial charge in [0.2, 0.25) is 0 Å². The van der Waals surface area contributed by atoms with Gasteiger partial charge in [-0.05, 0) is 77.3 Å². The first-order valence-corrected chi connectivity index (χ1v) is 10.9. The zero-order chi connectivity index (χ0) is 19.6. The molecule has 0 unspecified atom stereocenters. The highest BCUT2D eigenvalue weighted by Crippen LogP contribution is 2.27. The predicted octanol–water partition coefficient (Wildman–Crippen LogP) is 5.97. The van der Waals surface area contributed by atoms with Crippen LogP contribution in [-0.4, -0.2) is 23.6 Å². The van der Waals surface area contributed by atoms with Crippen LogP contribution < -0.4 is 5.32 Å². The molecule has 1 aromatic carbocycles. The number of rotatable bonds is 8. The summed E-state index contributed by atoms with van der Waals surface area (Å²) in [5.74, 6) is 1.73. The van der Waals surface area contributed by atoms with Gasteiger partial charge in [0.1, 0.15) is 0 Å². The van der Waals surface area contributed by atoms with Gasteiger partial charge in [-0.1, -0.05) is 43.5 Å². The van der Waals surface area contributed by atoms with E-state index in [0.29, 0.717) is 18.0 Å². The number of nitrogens with zero attached hydrogens (tertiary/aromatic N) is 2. The molecule has 1 aliphatic carbocycles. The van der Waals surface area contributed by atoms with Crippen LogP contribution in [0, 0.1) is 5.92 Å². The third-order valence-corrected chi connectivity index (χ3v) is 5.25. The highest BCUT2D eigenvalue weighted by molar-refractivity contribution is 5.87. The molecule has 0 bridgehead atoms. The summed E-state index contributed by atoms with van der Waals surface area (Å²) in [4.78, 5) is 9.77. The van der Waals surface area contributed by atoms with Crippen molar-refractivity contribution < 1.29 is 0 Å². The van der Waals surface area contributed by atoms with E-state index in [9.17, 15) is 0 Å². The lowest BCUT2D eigenvalue weighted by Gasteiger charge is -2.24. The van der Waals surface area contributed by atoms with Gasteiger partial charge >= 0.3 is 0 Å². The molecule has 1 N–H and O–H groups in total. The molecule has 0 atom stereocenters. The highest BCUT2D eigenvalue weighted by atomic mass is 15.0. The molecule has 0 aliphatic heterocycles. The van der Waals surface area contributed by atoms with Crippen LogP contribution in [0.4, 0.5) is 0 Å². The number of aryl methyl sites for hydroxylation is 1. The second kappa shape index (κ2) is 11.3. The van der Waals surface area contributed by atoms with E-state index in [1.807, 2.05) is 0 Å². The lowest BCUT2D eigenvalue weighted by molar-refractivity contribution is 0.433. The number of hydrogen-bond donors (Lipinski definition) is 1. The molecule has 0 saturated heterocycles. The fourth-order valence-corrected chi connectivity index (χ4v) is 4.03. The molecule has 27 heavy (non-hydrogen) atoms. The first-order valence-electron chi connectivity index (χ1n) is 10.9. The van der Waals surface area contributed by atoms with Gasteiger partial charge in [0.25, 0.3) is 0 Å². The van der Waals surface area contributed by atoms with Crippen LogP contribution in [0.2, 0.25) is 0 Å². The van der Waals surface area contributed by atoms with Crippen molar-refractivity contribution in [2.24, 2.45) is 15.9 Å². The van der Waals surface area contributed by atoms with Crippen molar-refractivity contribution in [3.8, 4) is 0 Å². The molecule has 0 spiro atoms. The maximum absolute atomic E-state index is 5.03. The SMILES string of the molecule is CC(=NCc1ccccc1CCC(=NC(C)C)C1CCCCC1)NC(C)C. The average molecular weight is 370 g/mol. The van der Waals surface area contributed by atoms with Crippen molar-refractivity contribution in [2.45, 2.75) is 98.2 Å². The molecule has 3 nitrogen and oxygen atoms in total. The summed E-state index contributed by atoms with van der Waals surface area (Å²) in [7, 11) is 0. The second-order valence-electron chi connectivity index (χ2n) is 8.52. The fraction of sp³-hybridized carbons (Fsp3) is 0.667. The summed E-state index contributed by atoms with van der Waals surface area (Å²) in [5.41, 5.74) is 4.22. The van der Waals surface area contributed by atoms with Crippen LogP contribution in [0.15, 0.2) is 34.3 Å². The number of aliphatic imine (C=N–C) groups is 2. The molecular formula is C24H39N3.